The molecular weight excluding hydrogens is 320 g/mol. The van der Waals surface area contributed by atoms with Crippen LogP contribution in [-0.2, 0) is 11.2 Å². The van der Waals surface area contributed by atoms with E-state index in [1.165, 1.54) is 26.4 Å². The van der Waals surface area contributed by atoms with E-state index in [1.807, 2.05) is 0 Å². The molecule has 0 saturated carbocycles. The summed E-state index contributed by atoms with van der Waals surface area (Å²) in [5.74, 6) is -0.614. The van der Waals surface area contributed by atoms with Crippen LogP contribution in [-0.4, -0.2) is 31.1 Å². The normalized spacial score (nSPS) is 10.2. The van der Waals surface area contributed by atoms with Gasteiger partial charge in [-0.05, 0) is 42.0 Å². The van der Waals surface area contributed by atoms with Crippen LogP contribution in [0.5, 0.6) is 11.5 Å². The summed E-state index contributed by atoms with van der Waals surface area (Å²) in [4.78, 5) is 23.8. The maximum atomic E-state index is 12.7. The molecule has 1 N–H and O–H groups in total. The van der Waals surface area contributed by atoms with Crippen LogP contribution >= 0.6 is 11.6 Å². The van der Waals surface area contributed by atoms with E-state index in [1.54, 1.807) is 24.3 Å². The predicted molar refractivity (Wildman–Crippen MR) is 85.8 cm³/mol. The molecule has 0 heterocycles. The Morgan fingerprint density at radius 1 is 1.04 bits per heavy atom. The SMILES string of the molecule is COc1cc(CC(=O)O)c(C(=O)c2ccc(Cl)cc2)cc1OC. The van der Waals surface area contributed by atoms with Crippen LogP contribution < -0.4 is 9.47 Å². The number of carbonyl (C=O) groups excluding carboxylic acids is 1. The number of carbonyl (C=O) groups is 2. The molecule has 0 radical (unpaired) electrons. The highest BCUT2D eigenvalue weighted by Crippen LogP contribution is 2.32. The fourth-order valence-corrected chi connectivity index (χ4v) is 2.32. The Balaban J connectivity index is 2.55. The molecule has 0 aromatic heterocycles. The number of halogens is 1. The van der Waals surface area contributed by atoms with Gasteiger partial charge in [-0.15, -0.1) is 0 Å². The molecule has 23 heavy (non-hydrogen) atoms. The number of carboxylic acid groups (broad SMARTS) is 1. The first-order valence-corrected chi connectivity index (χ1v) is 7.11. The van der Waals surface area contributed by atoms with Crippen molar-refractivity contribution in [3.05, 3.63) is 58.1 Å². The van der Waals surface area contributed by atoms with E-state index in [9.17, 15) is 9.59 Å². The third-order valence-electron chi connectivity index (χ3n) is 3.30. The summed E-state index contributed by atoms with van der Waals surface area (Å²) >= 11 is 5.82. The van der Waals surface area contributed by atoms with Crippen molar-refractivity contribution >= 4 is 23.4 Å². The van der Waals surface area contributed by atoms with Crippen LogP contribution in [0.4, 0.5) is 0 Å². The summed E-state index contributed by atoms with van der Waals surface area (Å²) in [6, 6.07) is 9.39. The molecule has 0 aliphatic heterocycles. The van der Waals surface area contributed by atoms with Gasteiger partial charge in [-0.25, -0.2) is 0 Å². The monoisotopic (exact) mass is 334 g/mol. The van der Waals surface area contributed by atoms with Gasteiger partial charge in [0.2, 0.25) is 0 Å². The zero-order valence-corrected chi connectivity index (χ0v) is 13.4. The first kappa shape index (κ1) is 16.8. The Morgan fingerprint density at radius 2 is 1.61 bits per heavy atom. The molecule has 0 amide bonds. The predicted octanol–water partition coefficient (Wildman–Crippen LogP) is 3.22. The minimum Gasteiger partial charge on any atom is -0.493 e. The Hall–Kier alpha value is -2.53. The lowest BCUT2D eigenvalue weighted by Crippen LogP contribution is -2.10. The van der Waals surface area contributed by atoms with Crippen molar-refractivity contribution in [1.82, 2.24) is 0 Å². The first-order chi connectivity index (χ1) is 11.0. The quantitative estimate of drug-likeness (QED) is 0.821. The molecule has 0 spiro atoms. The Labute approximate surface area is 138 Å². The fourth-order valence-electron chi connectivity index (χ4n) is 2.20. The van der Waals surface area contributed by atoms with E-state index in [2.05, 4.69) is 0 Å². The molecule has 5 nitrogen and oxygen atoms in total. The van der Waals surface area contributed by atoms with Crippen molar-refractivity contribution in [1.29, 1.82) is 0 Å². The van der Waals surface area contributed by atoms with E-state index in [0.29, 0.717) is 27.6 Å². The molecule has 0 aliphatic carbocycles. The summed E-state index contributed by atoms with van der Waals surface area (Å²) in [7, 11) is 2.90. The first-order valence-electron chi connectivity index (χ1n) is 6.73. The Kier molecular flexibility index (Phi) is 5.24. The van der Waals surface area contributed by atoms with E-state index in [4.69, 9.17) is 26.2 Å². The topological polar surface area (TPSA) is 72.8 Å². The molecule has 120 valence electrons. The smallest absolute Gasteiger partial charge is 0.307 e. The van der Waals surface area contributed by atoms with E-state index >= 15 is 0 Å². The molecule has 0 fully saturated rings. The van der Waals surface area contributed by atoms with Crippen LogP contribution in [0.1, 0.15) is 21.5 Å². The second-order valence-corrected chi connectivity index (χ2v) is 5.21. The second-order valence-electron chi connectivity index (χ2n) is 4.77. The summed E-state index contributed by atoms with van der Waals surface area (Å²) in [5.41, 5.74) is 1.02. The van der Waals surface area contributed by atoms with Gasteiger partial charge >= 0.3 is 5.97 Å². The number of methoxy groups -OCH3 is 2. The number of aliphatic carboxylic acids is 1. The number of ketones is 1. The highest BCUT2D eigenvalue weighted by Gasteiger charge is 2.19. The van der Waals surface area contributed by atoms with Gasteiger partial charge in [0, 0.05) is 16.1 Å². The van der Waals surface area contributed by atoms with Crippen LogP contribution in [0.25, 0.3) is 0 Å². The van der Waals surface area contributed by atoms with E-state index in [0.717, 1.165) is 0 Å². The standard InChI is InChI=1S/C17H15ClO5/c1-22-14-7-11(8-16(19)20)13(9-15(14)23-2)17(21)10-3-5-12(18)6-4-10/h3-7,9H,8H2,1-2H3,(H,19,20). The Morgan fingerprint density at radius 3 is 2.13 bits per heavy atom. The maximum absolute atomic E-state index is 12.7. The number of ether oxygens (including phenoxy) is 2. The maximum Gasteiger partial charge on any atom is 0.307 e. The molecule has 0 unspecified atom stereocenters. The van der Waals surface area contributed by atoms with Gasteiger partial charge in [0.15, 0.2) is 17.3 Å². The minimum absolute atomic E-state index is 0.257. The zero-order valence-electron chi connectivity index (χ0n) is 12.6. The zero-order chi connectivity index (χ0) is 17.0. The lowest BCUT2D eigenvalue weighted by molar-refractivity contribution is -0.136. The van der Waals surface area contributed by atoms with Crippen molar-refractivity contribution in [2.75, 3.05) is 14.2 Å². The highest BCUT2D eigenvalue weighted by atomic mass is 35.5. The molecule has 2 aromatic rings. The average molecular weight is 335 g/mol. The summed E-state index contributed by atoms with van der Waals surface area (Å²) in [6.45, 7) is 0. The number of benzene rings is 2. The Bertz CT molecular complexity index is 737. The molecular formula is C17H15ClO5. The van der Waals surface area contributed by atoms with Crippen LogP contribution in [0.3, 0.4) is 0 Å². The average Bonchev–Trinajstić information content (AvgIpc) is 2.54. The van der Waals surface area contributed by atoms with Gasteiger partial charge in [-0.1, -0.05) is 11.6 Å². The molecule has 6 heteroatoms. The third-order valence-corrected chi connectivity index (χ3v) is 3.55. The number of hydrogen-bond acceptors (Lipinski definition) is 4. The van der Waals surface area contributed by atoms with Gasteiger partial charge in [0.05, 0.1) is 20.6 Å². The van der Waals surface area contributed by atoms with Gasteiger partial charge in [-0.3, -0.25) is 9.59 Å². The fraction of sp³-hybridized carbons (Fsp3) is 0.176. The van der Waals surface area contributed by atoms with Crippen molar-refractivity contribution in [3.63, 3.8) is 0 Å². The molecule has 0 atom stereocenters. The molecule has 0 bridgehead atoms. The van der Waals surface area contributed by atoms with Crippen molar-refractivity contribution in [2.24, 2.45) is 0 Å². The lowest BCUT2D eigenvalue weighted by atomic mass is 9.96. The largest absolute Gasteiger partial charge is 0.493 e. The van der Waals surface area contributed by atoms with Gasteiger partial charge in [-0.2, -0.15) is 0 Å². The second kappa shape index (κ2) is 7.15. The van der Waals surface area contributed by atoms with Gasteiger partial charge in [0.25, 0.3) is 0 Å². The highest BCUT2D eigenvalue weighted by molar-refractivity contribution is 6.30. The van der Waals surface area contributed by atoms with Crippen LogP contribution in [0, 0.1) is 0 Å². The van der Waals surface area contributed by atoms with Gasteiger partial charge in [0.1, 0.15) is 0 Å². The van der Waals surface area contributed by atoms with Crippen molar-refractivity contribution in [2.45, 2.75) is 6.42 Å². The third kappa shape index (κ3) is 3.81. The molecule has 2 aromatic carbocycles. The number of hydrogen-bond donors (Lipinski definition) is 1. The molecule has 0 aliphatic rings. The van der Waals surface area contributed by atoms with E-state index < -0.39 is 5.97 Å². The summed E-state index contributed by atoms with van der Waals surface area (Å²) in [5, 5.41) is 9.58. The van der Waals surface area contributed by atoms with Crippen LogP contribution in [0.2, 0.25) is 5.02 Å². The minimum atomic E-state index is -1.04. The molecule has 0 saturated heterocycles. The van der Waals surface area contributed by atoms with Gasteiger partial charge < -0.3 is 14.6 Å². The van der Waals surface area contributed by atoms with Crippen molar-refractivity contribution in [3.8, 4) is 11.5 Å². The van der Waals surface area contributed by atoms with Crippen LogP contribution in [0.15, 0.2) is 36.4 Å². The number of rotatable bonds is 6. The summed E-state index contributed by atoms with van der Waals surface area (Å²) in [6.07, 6.45) is -0.297. The van der Waals surface area contributed by atoms with E-state index in [-0.39, 0.29) is 17.8 Å². The van der Waals surface area contributed by atoms with Crippen molar-refractivity contribution < 1.29 is 24.2 Å². The molecule has 2 rings (SSSR count). The number of carboxylic acids is 1. The lowest BCUT2D eigenvalue weighted by Gasteiger charge is -2.13. The summed E-state index contributed by atoms with van der Waals surface area (Å²) < 4.78 is 10.4.